The molecular weight excluding hydrogens is 430 g/mol. The van der Waals surface area contributed by atoms with Crippen molar-refractivity contribution in [1.82, 2.24) is 20.2 Å². The molecular formula is C26H23N5O3. The van der Waals surface area contributed by atoms with Gasteiger partial charge in [0.2, 0.25) is 5.95 Å². The molecule has 5 rings (SSSR count). The van der Waals surface area contributed by atoms with Crippen molar-refractivity contribution in [3.8, 4) is 5.75 Å². The van der Waals surface area contributed by atoms with E-state index in [1.165, 1.54) is 0 Å². The van der Waals surface area contributed by atoms with Gasteiger partial charge in [0.25, 0.3) is 0 Å². The van der Waals surface area contributed by atoms with Crippen LogP contribution in [0.2, 0.25) is 0 Å². The maximum Gasteiger partial charge on any atom is 0.338 e. The minimum atomic E-state index is -0.566. The summed E-state index contributed by atoms with van der Waals surface area (Å²) >= 11 is 0. The number of benzene rings is 3. The van der Waals surface area contributed by atoms with E-state index in [-0.39, 0.29) is 6.61 Å². The van der Waals surface area contributed by atoms with Crippen LogP contribution in [0.25, 0.3) is 5.70 Å². The Hall–Kier alpha value is -4.46. The molecule has 1 N–H and O–H groups in total. The molecule has 170 valence electrons. The quantitative estimate of drug-likeness (QED) is 0.419. The molecule has 0 aliphatic carbocycles. The highest BCUT2D eigenvalue weighted by atomic mass is 16.5. The summed E-state index contributed by atoms with van der Waals surface area (Å²) in [5.74, 6) is 0.745. The summed E-state index contributed by atoms with van der Waals surface area (Å²) in [7, 11) is 0. The fourth-order valence-corrected chi connectivity index (χ4v) is 3.94. The lowest BCUT2D eigenvalue weighted by molar-refractivity contribution is -0.138. The number of esters is 1. The molecule has 0 spiro atoms. The van der Waals surface area contributed by atoms with Gasteiger partial charge in [0.1, 0.15) is 18.4 Å². The average molecular weight is 454 g/mol. The molecule has 1 aromatic heterocycles. The number of nitrogens with one attached hydrogen (secondary N) is 1. The van der Waals surface area contributed by atoms with E-state index in [4.69, 9.17) is 9.47 Å². The number of nitrogens with zero attached hydrogens (tertiary/aromatic N) is 4. The highest BCUT2D eigenvalue weighted by molar-refractivity contribution is 6.02. The van der Waals surface area contributed by atoms with Gasteiger partial charge in [-0.1, -0.05) is 77.9 Å². The number of carbonyl (C=O) groups is 1. The van der Waals surface area contributed by atoms with Crippen molar-refractivity contribution in [3.05, 3.63) is 107 Å². The number of hydrogen-bond acceptors (Lipinski definition) is 7. The number of carbonyl (C=O) groups excluding carboxylic acids is 1. The van der Waals surface area contributed by atoms with E-state index in [2.05, 4.69) is 20.8 Å². The predicted octanol–water partition coefficient (Wildman–Crippen LogP) is 4.24. The largest absolute Gasteiger partial charge is 0.489 e. The molecule has 1 aliphatic heterocycles. The Kier molecular flexibility index (Phi) is 6.03. The highest BCUT2D eigenvalue weighted by Crippen LogP contribution is 2.38. The Morgan fingerprint density at radius 1 is 0.971 bits per heavy atom. The van der Waals surface area contributed by atoms with Gasteiger partial charge in [-0.05, 0) is 46.2 Å². The van der Waals surface area contributed by atoms with Crippen LogP contribution in [0, 0.1) is 0 Å². The summed E-state index contributed by atoms with van der Waals surface area (Å²) in [4.78, 5) is 13.2. The van der Waals surface area contributed by atoms with Crippen LogP contribution in [0.5, 0.6) is 5.75 Å². The van der Waals surface area contributed by atoms with Gasteiger partial charge >= 0.3 is 5.97 Å². The first-order valence-corrected chi connectivity index (χ1v) is 11.0. The first kappa shape index (κ1) is 21.4. The second kappa shape index (κ2) is 9.58. The van der Waals surface area contributed by atoms with Crippen LogP contribution < -0.4 is 10.1 Å². The SMILES string of the molecule is CCOC(=O)C1=C(c2ccccc2)Nc2nnnn2C1c1ccc(OCc2ccccc2)cc1. The van der Waals surface area contributed by atoms with Crippen molar-refractivity contribution in [2.75, 3.05) is 11.9 Å². The van der Waals surface area contributed by atoms with Crippen molar-refractivity contribution >= 4 is 17.6 Å². The Morgan fingerprint density at radius 3 is 2.38 bits per heavy atom. The van der Waals surface area contributed by atoms with E-state index in [9.17, 15) is 4.79 Å². The summed E-state index contributed by atoms with van der Waals surface area (Å²) in [6, 6.07) is 26.6. The molecule has 4 aromatic rings. The van der Waals surface area contributed by atoms with Crippen molar-refractivity contribution in [1.29, 1.82) is 0 Å². The fourth-order valence-electron chi connectivity index (χ4n) is 3.94. The second-order valence-electron chi connectivity index (χ2n) is 7.69. The predicted molar refractivity (Wildman–Crippen MR) is 127 cm³/mol. The van der Waals surface area contributed by atoms with Crippen LogP contribution in [0.1, 0.15) is 29.7 Å². The van der Waals surface area contributed by atoms with Crippen molar-refractivity contribution in [3.63, 3.8) is 0 Å². The molecule has 1 atom stereocenters. The van der Waals surface area contributed by atoms with Gasteiger partial charge in [0.05, 0.1) is 17.9 Å². The minimum Gasteiger partial charge on any atom is -0.489 e. The van der Waals surface area contributed by atoms with E-state index >= 15 is 0 Å². The normalized spacial score (nSPS) is 14.8. The van der Waals surface area contributed by atoms with Gasteiger partial charge in [-0.25, -0.2) is 4.79 Å². The Labute approximate surface area is 196 Å². The van der Waals surface area contributed by atoms with Gasteiger partial charge in [-0.15, -0.1) is 0 Å². The Balaban J connectivity index is 1.52. The number of hydrogen-bond donors (Lipinski definition) is 1. The van der Waals surface area contributed by atoms with Gasteiger partial charge in [0, 0.05) is 0 Å². The molecule has 3 aromatic carbocycles. The van der Waals surface area contributed by atoms with Crippen LogP contribution in [0.15, 0.2) is 90.5 Å². The van der Waals surface area contributed by atoms with E-state index in [0.717, 1.165) is 22.4 Å². The molecule has 34 heavy (non-hydrogen) atoms. The molecule has 1 aliphatic rings. The summed E-state index contributed by atoms with van der Waals surface area (Å²) < 4.78 is 13.0. The topological polar surface area (TPSA) is 91.2 Å². The van der Waals surface area contributed by atoms with Crippen LogP contribution in [-0.4, -0.2) is 32.8 Å². The Morgan fingerprint density at radius 2 is 1.68 bits per heavy atom. The fraction of sp³-hybridized carbons (Fsp3) is 0.154. The van der Waals surface area contributed by atoms with E-state index in [1.807, 2.05) is 84.9 Å². The van der Waals surface area contributed by atoms with Gasteiger partial charge in [0.15, 0.2) is 0 Å². The summed E-state index contributed by atoms with van der Waals surface area (Å²) in [5.41, 5.74) is 3.82. The molecule has 0 bridgehead atoms. The van der Waals surface area contributed by atoms with Crippen LogP contribution >= 0.6 is 0 Å². The number of anilines is 1. The number of rotatable bonds is 7. The lowest BCUT2D eigenvalue weighted by atomic mass is 9.93. The zero-order valence-corrected chi connectivity index (χ0v) is 18.6. The number of tetrazole rings is 1. The number of aromatic nitrogens is 4. The van der Waals surface area contributed by atoms with Crippen LogP contribution in [0.4, 0.5) is 5.95 Å². The average Bonchev–Trinajstić information content (AvgIpc) is 3.36. The van der Waals surface area contributed by atoms with Gasteiger partial charge in [-0.3, -0.25) is 0 Å². The zero-order chi connectivity index (χ0) is 23.3. The van der Waals surface area contributed by atoms with Crippen molar-refractivity contribution in [2.24, 2.45) is 0 Å². The molecule has 0 amide bonds. The van der Waals surface area contributed by atoms with Crippen molar-refractivity contribution in [2.45, 2.75) is 19.6 Å². The molecule has 0 saturated carbocycles. The minimum absolute atomic E-state index is 0.256. The Bertz CT molecular complexity index is 1300. The first-order valence-electron chi connectivity index (χ1n) is 11.0. The van der Waals surface area contributed by atoms with Gasteiger partial charge in [-0.2, -0.15) is 4.68 Å². The van der Waals surface area contributed by atoms with Gasteiger partial charge < -0.3 is 14.8 Å². The number of fused-ring (bicyclic) bond motifs is 1. The maximum atomic E-state index is 13.2. The molecule has 1 unspecified atom stereocenters. The van der Waals surface area contributed by atoms with E-state index in [0.29, 0.717) is 23.8 Å². The summed E-state index contributed by atoms with van der Waals surface area (Å²) in [6.07, 6.45) is 0. The van der Waals surface area contributed by atoms with Crippen LogP contribution in [-0.2, 0) is 16.1 Å². The van der Waals surface area contributed by atoms with E-state index in [1.54, 1.807) is 11.6 Å². The zero-order valence-electron chi connectivity index (χ0n) is 18.6. The number of ether oxygens (including phenoxy) is 2. The smallest absolute Gasteiger partial charge is 0.338 e. The molecule has 8 heteroatoms. The standard InChI is InChI=1S/C26H23N5O3/c1-2-33-25(32)22-23(19-11-7-4-8-12-19)27-26-28-29-30-31(26)24(22)20-13-15-21(16-14-20)34-17-18-9-5-3-6-10-18/h3-16,24H,2,17H2,1H3,(H,27,28,30). The second-order valence-corrected chi connectivity index (χ2v) is 7.69. The molecule has 0 radical (unpaired) electrons. The summed E-state index contributed by atoms with van der Waals surface area (Å²) in [6.45, 7) is 2.51. The third-order valence-corrected chi connectivity index (χ3v) is 5.52. The first-order chi connectivity index (χ1) is 16.7. The van der Waals surface area contributed by atoms with E-state index < -0.39 is 12.0 Å². The lowest BCUT2D eigenvalue weighted by Crippen LogP contribution is -2.30. The van der Waals surface area contributed by atoms with Crippen molar-refractivity contribution < 1.29 is 14.3 Å². The lowest BCUT2D eigenvalue weighted by Gasteiger charge is -2.29. The third-order valence-electron chi connectivity index (χ3n) is 5.52. The summed E-state index contributed by atoms with van der Waals surface area (Å²) in [5, 5.41) is 15.3. The van der Waals surface area contributed by atoms with Crippen LogP contribution in [0.3, 0.4) is 0 Å². The molecule has 0 saturated heterocycles. The molecule has 0 fully saturated rings. The maximum absolute atomic E-state index is 13.2. The highest BCUT2D eigenvalue weighted by Gasteiger charge is 2.36. The molecule has 2 heterocycles. The monoisotopic (exact) mass is 453 g/mol. The third kappa shape index (κ3) is 4.25. The molecule has 8 nitrogen and oxygen atoms in total.